The van der Waals surface area contributed by atoms with Crippen molar-refractivity contribution < 1.29 is 33.3 Å². The number of halogens is 1. The van der Waals surface area contributed by atoms with E-state index in [1.54, 1.807) is 14.0 Å². The number of hydrogen-bond acceptors (Lipinski definition) is 8. The third-order valence-corrected chi connectivity index (χ3v) is 4.69. The van der Waals surface area contributed by atoms with Crippen LogP contribution in [0.1, 0.15) is 18.9 Å². The highest BCUT2D eigenvalue weighted by Gasteiger charge is 2.34. The molecule has 8 nitrogen and oxygen atoms in total. The van der Waals surface area contributed by atoms with Crippen molar-refractivity contribution in [1.29, 1.82) is 0 Å². The van der Waals surface area contributed by atoms with Crippen LogP contribution in [0.5, 0.6) is 23.0 Å². The van der Waals surface area contributed by atoms with Gasteiger partial charge in [-0.3, -0.25) is 0 Å². The van der Waals surface area contributed by atoms with Crippen LogP contribution in [0.15, 0.2) is 9.63 Å². The van der Waals surface area contributed by atoms with Crippen LogP contribution in [0.4, 0.5) is 0 Å². The number of fused-ring (bicyclic) bond motifs is 1. The largest absolute Gasteiger partial charge is 0.492 e. The first-order valence-corrected chi connectivity index (χ1v) is 8.51. The zero-order valence-corrected chi connectivity index (χ0v) is 15.7. The Hall–Kier alpha value is -2.16. The normalized spacial score (nSPS) is 17.8. The van der Waals surface area contributed by atoms with E-state index in [4.69, 9.17) is 28.5 Å². The third-order valence-electron chi connectivity index (χ3n) is 3.85. The Morgan fingerprint density at radius 1 is 1.24 bits per heavy atom. The minimum Gasteiger partial charge on any atom is -0.492 e. The lowest BCUT2D eigenvalue weighted by atomic mass is 10.0. The smallest absolute Gasteiger partial charge is 0.356 e. The third kappa shape index (κ3) is 3.20. The second-order valence-electron chi connectivity index (χ2n) is 5.32. The molecule has 2 aliphatic heterocycles. The van der Waals surface area contributed by atoms with Crippen molar-refractivity contribution in [2.45, 2.75) is 25.9 Å². The van der Waals surface area contributed by atoms with E-state index in [9.17, 15) is 4.79 Å². The summed E-state index contributed by atoms with van der Waals surface area (Å²) in [5, 5.41) is 3.83. The zero-order valence-electron chi connectivity index (χ0n) is 14.1. The SMILES string of the molecule is CCOC(=O)C1=NOC(Cc2c(Br)c3c(c(OC)c2OC)OCO3)C1. The number of hydrogen-bond donors (Lipinski definition) is 0. The molecule has 25 heavy (non-hydrogen) atoms. The Kier molecular flexibility index (Phi) is 5.22. The van der Waals surface area contributed by atoms with Gasteiger partial charge in [0.15, 0.2) is 17.2 Å². The Bertz CT molecular complexity index is 719. The van der Waals surface area contributed by atoms with E-state index < -0.39 is 5.97 Å². The van der Waals surface area contributed by atoms with Crippen LogP contribution >= 0.6 is 15.9 Å². The number of methoxy groups -OCH3 is 2. The molecule has 1 atom stereocenters. The quantitative estimate of drug-likeness (QED) is 0.659. The Morgan fingerprint density at radius 3 is 2.64 bits per heavy atom. The molecule has 9 heteroatoms. The van der Waals surface area contributed by atoms with Gasteiger partial charge in [-0.05, 0) is 22.9 Å². The molecule has 2 aliphatic rings. The standard InChI is InChI=1S/C16H18BrNO7/c1-4-22-16(19)10-6-8(25-18-10)5-9-11(17)13-15(24-7-23-13)14(21-3)12(9)20-2/h8H,4-7H2,1-3H3. The Balaban J connectivity index is 1.85. The van der Waals surface area contributed by atoms with E-state index in [0.29, 0.717) is 46.9 Å². The number of rotatable bonds is 6. The van der Waals surface area contributed by atoms with Gasteiger partial charge in [-0.25, -0.2) is 4.79 Å². The average molecular weight is 416 g/mol. The van der Waals surface area contributed by atoms with Gasteiger partial charge in [-0.2, -0.15) is 0 Å². The molecule has 0 N–H and O–H groups in total. The van der Waals surface area contributed by atoms with Crippen molar-refractivity contribution in [1.82, 2.24) is 0 Å². The van der Waals surface area contributed by atoms with E-state index >= 15 is 0 Å². The molecule has 1 aromatic rings. The van der Waals surface area contributed by atoms with Gasteiger partial charge in [-0.15, -0.1) is 0 Å². The molecule has 0 saturated heterocycles. The summed E-state index contributed by atoms with van der Waals surface area (Å²) in [6, 6.07) is 0. The van der Waals surface area contributed by atoms with Crippen LogP contribution in [0.25, 0.3) is 0 Å². The molecule has 0 aliphatic carbocycles. The van der Waals surface area contributed by atoms with Gasteiger partial charge >= 0.3 is 5.97 Å². The summed E-state index contributed by atoms with van der Waals surface area (Å²) in [6.45, 7) is 2.14. The maximum absolute atomic E-state index is 11.8. The van der Waals surface area contributed by atoms with Crippen molar-refractivity contribution in [2.75, 3.05) is 27.6 Å². The van der Waals surface area contributed by atoms with Gasteiger partial charge in [0, 0.05) is 18.4 Å². The van der Waals surface area contributed by atoms with E-state index in [-0.39, 0.29) is 18.6 Å². The summed E-state index contributed by atoms with van der Waals surface area (Å²) in [5.41, 5.74) is 1.06. The molecule has 0 fully saturated rings. The fourth-order valence-corrected chi connectivity index (χ4v) is 3.41. The van der Waals surface area contributed by atoms with Gasteiger partial charge in [0.25, 0.3) is 0 Å². The van der Waals surface area contributed by atoms with Crippen LogP contribution in [-0.2, 0) is 20.8 Å². The van der Waals surface area contributed by atoms with E-state index in [0.717, 1.165) is 5.56 Å². The fourth-order valence-electron chi connectivity index (χ4n) is 2.77. The lowest BCUT2D eigenvalue weighted by molar-refractivity contribution is -0.135. The van der Waals surface area contributed by atoms with Gasteiger partial charge in [-0.1, -0.05) is 5.16 Å². The summed E-state index contributed by atoms with van der Waals surface area (Å²) in [7, 11) is 3.08. The van der Waals surface area contributed by atoms with Crippen LogP contribution in [0, 0.1) is 0 Å². The first-order valence-electron chi connectivity index (χ1n) is 7.72. The molecule has 0 spiro atoms. The molecule has 0 aromatic heterocycles. The number of carbonyl (C=O) groups is 1. The molecule has 3 rings (SSSR count). The molecular formula is C16H18BrNO7. The number of carbonyl (C=O) groups excluding carboxylic acids is 1. The maximum Gasteiger partial charge on any atom is 0.356 e. The molecule has 1 aromatic carbocycles. The first kappa shape index (κ1) is 17.7. The first-order chi connectivity index (χ1) is 12.1. The molecule has 0 amide bonds. The van der Waals surface area contributed by atoms with Crippen molar-refractivity contribution >= 4 is 27.6 Å². The maximum atomic E-state index is 11.8. The van der Waals surface area contributed by atoms with Crippen LogP contribution in [-0.4, -0.2) is 45.4 Å². The highest BCUT2D eigenvalue weighted by molar-refractivity contribution is 9.10. The topological polar surface area (TPSA) is 84.8 Å². The molecule has 2 heterocycles. The van der Waals surface area contributed by atoms with E-state index in [1.165, 1.54) is 7.11 Å². The minimum absolute atomic E-state index is 0.104. The molecule has 1 unspecified atom stereocenters. The highest BCUT2D eigenvalue weighted by Crippen LogP contribution is 2.54. The number of benzene rings is 1. The molecule has 0 saturated carbocycles. The van der Waals surface area contributed by atoms with Crippen molar-refractivity contribution in [3.8, 4) is 23.0 Å². The summed E-state index contributed by atoms with van der Waals surface area (Å²) in [6.07, 6.45) is 0.462. The lowest BCUT2D eigenvalue weighted by Crippen LogP contribution is -2.19. The van der Waals surface area contributed by atoms with Crippen LogP contribution in [0.3, 0.4) is 0 Å². The van der Waals surface area contributed by atoms with E-state index in [2.05, 4.69) is 21.1 Å². The number of ether oxygens (including phenoxy) is 5. The second kappa shape index (κ2) is 7.38. The minimum atomic E-state index is -0.459. The monoisotopic (exact) mass is 415 g/mol. The summed E-state index contributed by atoms with van der Waals surface area (Å²) >= 11 is 3.54. The molecule has 0 bridgehead atoms. The average Bonchev–Trinajstić information content (AvgIpc) is 3.26. The van der Waals surface area contributed by atoms with E-state index in [1.807, 2.05) is 0 Å². The fraction of sp³-hybridized carbons (Fsp3) is 0.500. The van der Waals surface area contributed by atoms with Crippen LogP contribution < -0.4 is 18.9 Å². The van der Waals surface area contributed by atoms with Gasteiger partial charge in [0.05, 0.1) is 25.3 Å². The van der Waals surface area contributed by atoms with Gasteiger partial charge < -0.3 is 28.5 Å². The molecule has 0 radical (unpaired) electrons. The zero-order chi connectivity index (χ0) is 18.0. The predicted octanol–water partition coefficient (Wildman–Crippen LogP) is 2.45. The summed E-state index contributed by atoms with van der Waals surface area (Å²) in [5.74, 6) is 1.56. The van der Waals surface area contributed by atoms with Gasteiger partial charge in [0.2, 0.25) is 18.3 Å². The molecular weight excluding hydrogens is 398 g/mol. The van der Waals surface area contributed by atoms with Crippen molar-refractivity contribution in [3.63, 3.8) is 0 Å². The summed E-state index contributed by atoms with van der Waals surface area (Å²) in [4.78, 5) is 17.1. The molecule has 136 valence electrons. The Morgan fingerprint density at radius 2 is 1.96 bits per heavy atom. The number of nitrogens with zero attached hydrogens (tertiary/aromatic N) is 1. The van der Waals surface area contributed by atoms with Crippen molar-refractivity contribution in [2.24, 2.45) is 5.16 Å². The second-order valence-corrected chi connectivity index (χ2v) is 6.11. The lowest BCUT2D eigenvalue weighted by Gasteiger charge is -2.18. The number of esters is 1. The predicted molar refractivity (Wildman–Crippen MR) is 90.6 cm³/mol. The number of oxime groups is 1. The van der Waals surface area contributed by atoms with Gasteiger partial charge in [0.1, 0.15) is 6.10 Å². The highest BCUT2D eigenvalue weighted by atomic mass is 79.9. The van der Waals surface area contributed by atoms with Crippen molar-refractivity contribution in [3.05, 3.63) is 10.0 Å². The summed E-state index contributed by atoms with van der Waals surface area (Å²) < 4.78 is 27.6. The Labute approximate surface area is 153 Å². The van der Waals surface area contributed by atoms with Crippen LogP contribution in [0.2, 0.25) is 0 Å².